The van der Waals surface area contributed by atoms with Gasteiger partial charge in [0, 0.05) is 11.0 Å². The molecule has 1 aromatic rings. The Morgan fingerprint density at radius 2 is 2.08 bits per heavy atom. The van der Waals surface area contributed by atoms with Crippen LogP contribution in [0.1, 0.15) is 31.2 Å². The summed E-state index contributed by atoms with van der Waals surface area (Å²) in [6.45, 7) is -2.87. The first-order valence-corrected chi connectivity index (χ1v) is 8.92. The summed E-state index contributed by atoms with van der Waals surface area (Å²) in [5.41, 5.74) is 1.99. The van der Waals surface area contributed by atoms with Crippen molar-refractivity contribution in [2.24, 2.45) is 4.99 Å². The second-order valence-corrected chi connectivity index (χ2v) is 6.90. The minimum atomic E-state index is -2.87. The van der Waals surface area contributed by atoms with Crippen LogP contribution >= 0.6 is 11.8 Å². The standard InChI is InChI=1S/C17H18F2N2O2S/c1-22-15-8-10(6-7-14(15)23-16(18)19)13-9-24-17-20-11-4-2-3-5-12(11)21(13)17/h6-9,11-12,16H,2-5H2,1H3/t11-,12+/m1/s1. The van der Waals surface area contributed by atoms with Crippen molar-refractivity contribution >= 4 is 22.6 Å². The normalized spacial score (nSPS) is 25.2. The minimum Gasteiger partial charge on any atom is -0.493 e. The smallest absolute Gasteiger partial charge is 0.387 e. The summed E-state index contributed by atoms with van der Waals surface area (Å²) in [5.74, 6) is 0.358. The lowest BCUT2D eigenvalue weighted by Gasteiger charge is -2.32. The van der Waals surface area contributed by atoms with E-state index in [9.17, 15) is 8.78 Å². The number of benzene rings is 1. The van der Waals surface area contributed by atoms with E-state index in [1.807, 2.05) is 0 Å². The quantitative estimate of drug-likeness (QED) is 0.808. The monoisotopic (exact) mass is 352 g/mol. The Morgan fingerprint density at radius 1 is 1.25 bits per heavy atom. The molecule has 1 aromatic carbocycles. The van der Waals surface area contributed by atoms with Crippen molar-refractivity contribution in [2.75, 3.05) is 7.11 Å². The van der Waals surface area contributed by atoms with Crippen LogP contribution in [-0.2, 0) is 0 Å². The molecule has 4 rings (SSSR count). The lowest BCUT2D eigenvalue weighted by Crippen LogP contribution is -2.38. The third kappa shape index (κ3) is 2.64. The van der Waals surface area contributed by atoms with Crippen LogP contribution in [0.2, 0.25) is 0 Å². The van der Waals surface area contributed by atoms with Crippen LogP contribution < -0.4 is 9.47 Å². The summed E-state index contributed by atoms with van der Waals surface area (Å²) >= 11 is 1.63. The summed E-state index contributed by atoms with van der Waals surface area (Å²) in [6.07, 6.45) is 4.74. The second kappa shape index (κ2) is 6.27. The SMILES string of the molecule is COc1cc(C2=CSC3=N[C@@H]4CCCC[C@@H]4N23)ccc1OC(F)F. The van der Waals surface area contributed by atoms with E-state index >= 15 is 0 Å². The van der Waals surface area contributed by atoms with Crippen molar-refractivity contribution in [3.63, 3.8) is 0 Å². The third-order valence-corrected chi connectivity index (χ3v) is 5.57. The van der Waals surface area contributed by atoms with Crippen LogP contribution in [0.15, 0.2) is 28.6 Å². The molecule has 7 heteroatoms. The van der Waals surface area contributed by atoms with Crippen molar-refractivity contribution in [2.45, 2.75) is 44.4 Å². The van der Waals surface area contributed by atoms with Gasteiger partial charge in [-0.3, -0.25) is 4.99 Å². The molecule has 0 aromatic heterocycles. The van der Waals surface area contributed by atoms with E-state index in [-0.39, 0.29) is 5.75 Å². The van der Waals surface area contributed by atoms with Crippen LogP contribution in [0.25, 0.3) is 5.70 Å². The van der Waals surface area contributed by atoms with E-state index in [0.29, 0.717) is 17.8 Å². The molecular weight excluding hydrogens is 334 g/mol. The van der Waals surface area contributed by atoms with Crippen molar-refractivity contribution in [3.05, 3.63) is 29.2 Å². The molecule has 1 aliphatic carbocycles. The lowest BCUT2D eigenvalue weighted by atomic mass is 9.90. The molecule has 1 saturated carbocycles. The number of hydrogen-bond donors (Lipinski definition) is 0. The number of thioether (sulfide) groups is 1. The van der Waals surface area contributed by atoms with E-state index in [4.69, 9.17) is 9.73 Å². The Labute approximate surface area is 143 Å². The Hall–Kier alpha value is -1.76. The van der Waals surface area contributed by atoms with Gasteiger partial charge in [0.25, 0.3) is 0 Å². The number of alkyl halides is 2. The van der Waals surface area contributed by atoms with E-state index in [1.54, 1.807) is 23.9 Å². The zero-order chi connectivity index (χ0) is 16.7. The van der Waals surface area contributed by atoms with Crippen LogP contribution in [-0.4, -0.2) is 35.9 Å². The van der Waals surface area contributed by atoms with Gasteiger partial charge in [-0.2, -0.15) is 8.78 Å². The number of halogens is 2. The summed E-state index contributed by atoms with van der Waals surface area (Å²) in [4.78, 5) is 7.15. The highest BCUT2D eigenvalue weighted by molar-refractivity contribution is 8.16. The van der Waals surface area contributed by atoms with Gasteiger partial charge in [0.15, 0.2) is 16.7 Å². The van der Waals surface area contributed by atoms with E-state index in [0.717, 1.165) is 29.3 Å². The van der Waals surface area contributed by atoms with Gasteiger partial charge in [-0.1, -0.05) is 24.6 Å². The number of fused-ring (bicyclic) bond motifs is 3. The number of amidine groups is 1. The molecule has 1 fully saturated rings. The van der Waals surface area contributed by atoms with E-state index in [2.05, 4.69) is 15.0 Å². The molecule has 2 aliphatic heterocycles. The molecule has 0 radical (unpaired) electrons. The van der Waals surface area contributed by atoms with Crippen LogP contribution in [0.4, 0.5) is 8.78 Å². The maximum atomic E-state index is 12.5. The summed E-state index contributed by atoms with van der Waals surface area (Å²) in [7, 11) is 1.45. The molecule has 0 saturated heterocycles. The second-order valence-electron chi connectivity index (χ2n) is 6.07. The summed E-state index contributed by atoms with van der Waals surface area (Å²) < 4.78 is 34.7. The fraction of sp³-hybridized carbons (Fsp3) is 0.471. The molecule has 0 amide bonds. The number of ether oxygens (including phenoxy) is 2. The first-order chi connectivity index (χ1) is 11.7. The average Bonchev–Trinajstić information content (AvgIpc) is 3.14. The van der Waals surface area contributed by atoms with E-state index < -0.39 is 6.61 Å². The molecule has 0 bridgehead atoms. The van der Waals surface area contributed by atoms with Gasteiger partial charge in [-0.15, -0.1) is 0 Å². The van der Waals surface area contributed by atoms with Crippen molar-refractivity contribution in [1.82, 2.24) is 4.90 Å². The minimum absolute atomic E-state index is 0.0494. The van der Waals surface area contributed by atoms with Gasteiger partial charge in [-0.05, 0) is 31.0 Å². The molecular formula is C17H18F2N2O2S. The topological polar surface area (TPSA) is 34.1 Å². The number of rotatable bonds is 4. The fourth-order valence-electron chi connectivity index (χ4n) is 3.65. The molecule has 0 unspecified atom stereocenters. The van der Waals surface area contributed by atoms with Crippen molar-refractivity contribution < 1.29 is 18.3 Å². The molecule has 0 N–H and O–H groups in total. The summed E-state index contributed by atoms with van der Waals surface area (Å²) in [5, 5.41) is 3.13. The van der Waals surface area contributed by atoms with Gasteiger partial charge >= 0.3 is 6.61 Å². The maximum absolute atomic E-state index is 12.5. The zero-order valence-corrected chi connectivity index (χ0v) is 14.1. The Morgan fingerprint density at radius 3 is 2.88 bits per heavy atom. The number of nitrogens with zero attached hydrogens (tertiary/aromatic N) is 2. The molecule has 2 heterocycles. The predicted octanol–water partition coefficient (Wildman–Crippen LogP) is 4.32. The third-order valence-electron chi connectivity index (χ3n) is 4.72. The van der Waals surface area contributed by atoms with Crippen LogP contribution in [0, 0.1) is 0 Å². The highest BCUT2D eigenvalue weighted by Crippen LogP contribution is 2.45. The number of methoxy groups -OCH3 is 1. The molecule has 24 heavy (non-hydrogen) atoms. The maximum Gasteiger partial charge on any atom is 0.387 e. The Kier molecular flexibility index (Phi) is 4.12. The van der Waals surface area contributed by atoms with Gasteiger partial charge in [0.1, 0.15) is 0 Å². The largest absolute Gasteiger partial charge is 0.493 e. The molecule has 3 aliphatic rings. The van der Waals surface area contributed by atoms with Crippen molar-refractivity contribution in [1.29, 1.82) is 0 Å². The lowest BCUT2D eigenvalue weighted by molar-refractivity contribution is -0.0512. The van der Waals surface area contributed by atoms with Crippen LogP contribution in [0.5, 0.6) is 11.5 Å². The molecule has 0 spiro atoms. The van der Waals surface area contributed by atoms with Gasteiger partial charge in [0.2, 0.25) is 0 Å². The molecule has 2 atom stereocenters. The van der Waals surface area contributed by atoms with Gasteiger partial charge in [-0.25, -0.2) is 0 Å². The number of hydrogen-bond acceptors (Lipinski definition) is 5. The summed E-state index contributed by atoms with van der Waals surface area (Å²) in [6, 6.07) is 5.89. The first kappa shape index (κ1) is 15.7. The van der Waals surface area contributed by atoms with Gasteiger partial charge in [0.05, 0.1) is 24.9 Å². The predicted molar refractivity (Wildman–Crippen MR) is 90.5 cm³/mol. The Bertz CT molecular complexity index is 708. The molecule has 4 nitrogen and oxygen atoms in total. The highest BCUT2D eigenvalue weighted by Gasteiger charge is 2.42. The first-order valence-electron chi connectivity index (χ1n) is 8.04. The Balaban J connectivity index is 1.63. The molecule has 128 valence electrons. The number of aliphatic imine (C=N–C) groups is 1. The highest BCUT2D eigenvalue weighted by atomic mass is 32.2. The van der Waals surface area contributed by atoms with Crippen LogP contribution in [0.3, 0.4) is 0 Å². The average molecular weight is 352 g/mol. The van der Waals surface area contributed by atoms with Crippen molar-refractivity contribution in [3.8, 4) is 11.5 Å². The fourth-order valence-corrected chi connectivity index (χ4v) is 4.66. The zero-order valence-electron chi connectivity index (χ0n) is 13.2. The van der Waals surface area contributed by atoms with E-state index in [1.165, 1.54) is 26.0 Å². The van der Waals surface area contributed by atoms with Gasteiger partial charge < -0.3 is 14.4 Å².